The van der Waals surface area contributed by atoms with E-state index < -0.39 is 10.0 Å². The number of rotatable bonds is 3. The molecule has 2 aliphatic heterocycles. The maximum absolute atomic E-state index is 12.7. The predicted molar refractivity (Wildman–Crippen MR) is 80.8 cm³/mol. The smallest absolute Gasteiger partial charge is 0.260 e. The number of aromatic nitrogens is 2. The first-order valence-electron chi connectivity index (χ1n) is 7.04. The van der Waals surface area contributed by atoms with E-state index in [9.17, 15) is 8.42 Å². The van der Waals surface area contributed by atoms with E-state index in [4.69, 9.17) is 5.73 Å². The van der Waals surface area contributed by atoms with Gasteiger partial charge in [-0.2, -0.15) is 0 Å². The number of hydrogen-bond donors (Lipinski definition) is 2. The Morgan fingerprint density at radius 1 is 1.38 bits per heavy atom. The molecule has 4 heterocycles. The molecular weight excluding hydrogens is 310 g/mol. The van der Waals surface area contributed by atoms with Gasteiger partial charge in [0, 0.05) is 30.2 Å². The Kier molecular flexibility index (Phi) is 3.00. The Hall–Kier alpha value is -1.16. The molecule has 7 nitrogen and oxygen atoms in total. The highest BCUT2D eigenvalue weighted by atomic mass is 32.2. The fraction of sp³-hybridized carbons (Fsp3) is 0.583. The van der Waals surface area contributed by atoms with Gasteiger partial charge in [-0.1, -0.05) is 0 Å². The van der Waals surface area contributed by atoms with Gasteiger partial charge in [0.15, 0.2) is 15.8 Å². The summed E-state index contributed by atoms with van der Waals surface area (Å²) in [5.74, 6) is 0.0654. The van der Waals surface area contributed by atoms with Gasteiger partial charge in [-0.3, -0.25) is 9.30 Å². The lowest BCUT2D eigenvalue weighted by molar-refractivity contribution is 0.309. The summed E-state index contributed by atoms with van der Waals surface area (Å²) >= 11 is 1.37. The van der Waals surface area contributed by atoms with Crippen LogP contribution in [0.25, 0.3) is 4.96 Å². The van der Waals surface area contributed by atoms with Crippen LogP contribution in [0.5, 0.6) is 0 Å². The molecule has 2 saturated heterocycles. The van der Waals surface area contributed by atoms with E-state index in [0.29, 0.717) is 11.0 Å². The van der Waals surface area contributed by atoms with Crippen molar-refractivity contribution in [2.75, 3.05) is 18.8 Å². The Morgan fingerprint density at radius 2 is 2.24 bits per heavy atom. The first-order chi connectivity index (χ1) is 10.1. The molecule has 0 saturated carbocycles. The topological polar surface area (TPSA) is 92.7 Å². The van der Waals surface area contributed by atoms with Gasteiger partial charge in [-0.05, 0) is 25.8 Å². The highest BCUT2D eigenvalue weighted by Gasteiger charge is 2.40. The second kappa shape index (κ2) is 4.67. The summed E-state index contributed by atoms with van der Waals surface area (Å²) in [4.78, 5) is 7.08. The van der Waals surface area contributed by atoms with E-state index in [-0.39, 0.29) is 16.9 Å². The van der Waals surface area contributed by atoms with Crippen LogP contribution in [0.1, 0.15) is 19.3 Å². The maximum Gasteiger partial charge on any atom is 0.260 e. The summed E-state index contributed by atoms with van der Waals surface area (Å²) in [7, 11) is -3.66. The first-order valence-corrected chi connectivity index (χ1v) is 9.40. The molecule has 2 aliphatic rings. The van der Waals surface area contributed by atoms with Gasteiger partial charge in [-0.25, -0.2) is 18.1 Å². The van der Waals surface area contributed by atoms with Gasteiger partial charge in [0.25, 0.3) is 10.0 Å². The van der Waals surface area contributed by atoms with Crippen molar-refractivity contribution in [2.45, 2.75) is 36.4 Å². The fourth-order valence-corrected chi connectivity index (χ4v) is 5.82. The number of thiazole rings is 1. The third-order valence-electron chi connectivity index (χ3n) is 4.41. The Morgan fingerprint density at radius 3 is 3.10 bits per heavy atom. The molecule has 21 heavy (non-hydrogen) atoms. The van der Waals surface area contributed by atoms with E-state index in [2.05, 4.69) is 14.6 Å². The van der Waals surface area contributed by atoms with Crippen LogP contribution in [0.4, 0.5) is 5.82 Å². The van der Waals surface area contributed by atoms with E-state index in [1.807, 2.05) is 0 Å². The number of fused-ring (bicyclic) bond motifs is 2. The third-order valence-corrected chi connectivity index (χ3v) is 6.70. The van der Waals surface area contributed by atoms with Gasteiger partial charge in [0.2, 0.25) is 0 Å². The van der Waals surface area contributed by atoms with Gasteiger partial charge in [0.1, 0.15) is 0 Å². The minimum absolute atomic E-state index is 0.0268. The van der Waals surface area contributed by atoms with Gasteiger partial charge < -0.3 is 5.73 Å². The second-order valence-electron chi connectivity index (χ2n) is 5.62. The zero-order valence-electron chi connectivity index (χ0n) is 11.4. The zero-order valence-corrected chi connectivity index (χ0v) is 13.0. The van der Waals surface area contributed by atoms with Crippen LogP contribution in [0, 0.1) is 0 Å². The fourth-order valence-electron chi connectivity index (χ4n) is 3.52. The lowest BCUT2D eigenvalue weighted by Crippen LogP contribution is -2.42. The molecule has 0 bridgehead atoms. The zero-order chi connectivity index (χ0) is 14.6. The summed E-state index contributed by atoms with van der Waals surface area (Å²) in [6.07, 6.45) is 4.75. The van der Waals surface area contributed by atoms with E-state index >= 15 is 0 Å². The van der Waals surface area contributed by atoms with Crippen LogP contribution in [-0.4, -0.2) is 47.9 Å². The molecule has 3 N–H and O–H groups in total. The summed E-state index contributed by atoms with van der Waals surface area (Å²) in [5.41, 5.74) is 5.81. The molecule has 4 rings (SSSR count). The minimum Gasteiger partial charge on any atom is -0.381 e. The molecular formula is C12H17N5O2S2. The number of anilines is 1. The van der Waals surface area contributed by atoms with Crippen molar-refractivity contribution < 1.29 is 8.42 Å². The number of nitrogen functional groups attached to an aromatic ring is 1. The Balaban J connectivity index is 1.67. The predicted octanol–water partition coefficient (Wildman–Crippen LogP) is 0.493. The van der Waals surface area contributed by atoms with Crippen molar-refractivity contribution >= 4 is 32.1 Å². The molecule has 0 spiro atoms. The van der Waals surface area contributed by atoms with Crippen molar-refractivity contribution in [3.63, 3.8) is 0 Å². The van der Waals surface area contributed by atoms with Crippen molar-refractivity contribution in [1.29, 1.82) is 0 Å². The average molecular weight is 327 g/mol. The molecule has 2 aromatic heterocycles. The number of nitrogens with one attached hydrogen (secondary N) is 1. The average Bonchev–Trinajstić information content (AvgIpc) is 3.09. The molecule has 9 heteroatoms. The molecule has 2 atom stereocenters. The van der Waals surface area contributed by atoms with Crippen LogP contribution >= 0.6 is 11.3 Å². The van der Waals surface area contributed by atoms with Crippen LogP contribution < -0.4 is 10.5 Å². The van der Waals surface area contributed by atoms with Crippen LogP contribution in [0.15, 0.2) is 16.6 Å². The highest BCUT2D eigenvalue weighted by molar-refractivity contribution is 7.89. The van der Waals surface area contributed by atoms with Gasteiger partial charge in [-0.15, -0.1) is 11.3 Å². The van der Waals surface area contributed by atoms with Crippen molar-refractivity contribution in [2.24, 2.45) is 0 Å². The van der Waals surface area contributed by atoms with Crippen LogP contribution in [-0.2, 0) is 10.0 Å². The Labute approximate surface area is 126 Å². The molecule has 2 fully saturated rings. The number of sulfonamides is 1. The molecule has 2 aromatic rings. The minimum atomic E-state index is -3.66. The molecule has 0 radical (unpaired) electrons. The van der Waals surface area contributed by atoms with Crippen LogP contribution in [0.2, 0.25) is 0 Å². The first kappa shape index (κ1) is 13.5. The monoisotopic (exact) mass is 327 g/mol. The van der Waals surface area contributed by atoms with Crippen molar-refractivity contribution in [3.05, 3.63) is 11.6 Å². The number of nitrogens with zero attached hydrogens (tertiary/aromatic N) is 3. The molecule has 2 unspecified atom stereocenters. The molecule has 0 amide bonds. The lowest BCUT2D eigenvalue weighted by atomic mass is 10.1. The normalized spacial score (nSPS) is 26.7. The van der Waals surface area contributed by atoms with Crippen LogP contribution in [0.3, 0.4) is 0 Å². The van der Waals surface area contributed by atoms with E-state index in [1.54, 1.807) is 16.0 Å². The second-order valence-corrected chi connectivity index (χ2v) is 8.12. The van der Waals surface area contributed by atoms with E-state index in [0.717, 1.165) is 32.4 Å². The molecule has 114 valence electrons. The molecule has 0 aliphatic carbocycles. The summed E-state index contributed by atoms with van der Waals surface area (Å²) < 4.78 is 29.8. The van der Waals surface area contributed by atoms with E-state index in [1.165, 1.54) is 11.3 Å². The van der Waals surface area contributed by atoms with Crippen molar-refractivity contribution in [1.82, 2.24) is 19.0 Å². The number of hydrogen-bond acceptors (Lipinski definition) is 6. The SMILES string of the molecule is Nc1nc2sccn2c1S(=O)(=O)NC1CCN2CCCC12. The highest BCUT2D eigenvalue weighted by Crippen LogP contribution is 2.30. The Bertz CT molecular complexity index is 781. The number of nitrogens with two attached hydrogens (primary N) is 1. The van der Waals surface area contributed by atoms with Gasteiger partial charge in [0.05, 0.1) is 0 Å². The summed E-state index contributed by atoms with van der Waals surface area (Å²) in [6.45, 7) is 2.04. The largest absolute Gasteiger partial charge is 0.381 e. The quantitative estimate of drug-likeness (QED) is 0.856. The summed E-state index contributed by atoms with van der Waals surface area (Å²) in [6, 6.07) is 0.299. The number of imidazole rings is 1. The third kappa shape index (κ3) is 2.07. The van der Waals surface area contributed by atoms with Crippen molar-refractivity contribution in [3.8, 4) is 0 Å². The maximum atomic E-state index is 12.7. The lowest BCUT2D eigenvalue weighted by Gasteiger charge is -2.21. The summed E-state index contributed by atoms with van der Waals surface area (Å²) in [5, 5.41) is 1.87. The standard InChI is InChI=1S/C12H17N5O2S2/c13-10-11(17-6-7-20-12(17)14-10)21(18,19)15-8-3-5-16-4-1-2-9(8)16/h6-9,15H,1-5,13H2. The molecule has 0 aromatic carbocycles. The van der Waals surface area contributed by atoms with Gasteiger partial charge >= 0.3 is 0 Å².